The molecule has 0 spiro atoms. The average molecular weight is 619 g/mol. The molecule has 0 saturated heterocycles. The Labute approximate surface area is 241 Å². The zero-order valence-electron chi connectivity index (χ0n) is 21.7. The van der Waals surface area contributed by atoms with Gasteiger partial charge in [-0.15, -0.1) is 0 Å². The Morgan fingerprint density at radius 2 is 1.57 bits per heavy atom. The van der Waals surface area contributed by atoms with Crippen molar-refractivity contribution in [2.45, 2.75) is 12.4 Å². The molecule has 1 aromatic carbocycles. The Morgan fingerprint density at radius 3 is 2.11 bits per heavy atom. The zero-order chi connectivity index (χ0) is 32.8. The molecule has 0 radical (unpaired) electrons. The van der Waals surface area contributed by atoms with Crippen LogP contribution >= 0.6 is 0 Å². The number of carboxylic acids is 2. The van der Waals surface area contributed by atoms with Crippen LogP contribution in [0.25, 0.3) is 33.9 Å². The number of ether oxygens (including phenoxy) is 1. The number of anilines is 2. The van der Waals surface area contributed by atoms with Crippen molar-refractivity contribution in [1.29, 1.82) is 10.5 Å². The molecule has 44 heavy (non-hydrogen) atoms. The van der Waals surface area contributed by atoms with E-state index in [9.17, 15) is 36.9 Å². The highest BCUT2D eigenvalue weighted by atomic mass is 19.4. The molecule has 4 N–H and O–H groups in total. The third-order valence-corrected chi connectivity index (χ3v) is 5.45. The van der Waals surface area contributed by atoms with E-state index in [4.69, 9.17) is 29.5 Å². The van der Waals surface area contributed by atoms with Crippen LogP contribution in [0.1, 0.15) is 11.1 Å². The molecule has 0 amide bonds. The molecule has 4 heterocycles. The molecule has 3 aromatic heterocycles. The van der Waals surface area contributed by atoms with Crippen molar-refractivity contribution in [3.05, 3.63) is 60.0 Å². The molecule has 226 valence electrons. The number of rotatable bonds is 2. The first kappa shape index (κ1) is 32.3. The molecule has 0 atom stereocenters. The third kappa shape index (κ3) is 6.99. The lowest BCUT2D eigenvalue weighted by Crippen LogP contribution is -2.21. The minimum atomic E-state index is -5.08. The summed E-state index contributed by atoms with van der Waals surface area (Å²) >= 11 is 0. The van der Waals surface area contributed by atoms with Crippen molar-refractivity contribution < 1.29 is 50.9 Å². The van der Waals surface area contributed by atoms with Gasteiger partial charge in [-0.1, -0.05) is 0 Å². The van der Waals surface area contributed by atoms with Gasteiger partial charge in [-0.3, -0.25) is 4.98 Å². The monoisotopic (exact) mass is 619 g/mol. The van der Waals surface area contributed by atoms with Crippen molar-refractivity contribution in [3.8, 4) is 51.8 Å². The van der Waals surface area contributed by atoms with E-state index in [1.807, 2.05) is 18.2 Å². The first-order valence-electron chi connectivity index (χ1n) is 11.5. The van der Waals surface area contributed by atoms with Gasteiger partial charge in [0.1, 0.15) is 34.7 Å². The summed E-state index contributed by atoms with van der Waals surface area (Å²) in [5.41, 5.74) is 4.83. The Hall–Kier alpha value is -6.17. The minimum absolute atomic E-state index is 0.250. The van der Waals surface area contributed by atoms with E-state index < -0.39 is 24.3 Å². The molecule has 0 unspecified atom stereocenters. The lowest BCUT2D eigenvalue weighted by Gasteiger charge is -2.10. The first-order chi connectivity index (χ1) is 20.6. The van der Waals surface area contributed by atoms with Gasteiger partial charge < -0.3 is 25.3 Å². The molecule has 0 aliphatic carbocycles. The summed E-state index contributed by atoms with van der Waals surface area (Å²) in [5.74, 6) is -4.08. The van der Waals surface area contributed by atoms with Gasteiger partial charge in [0.2, 0.25) is 0 Å². The van der Waals surface area contributed by atoms with Gasteiger partial charge in [0.05, 0.1) is 41.9 Å². The third-order valence-electron chi connectivity index (χ3n) is 5.45. The summed E-state index contributed by atoms with van der Waals surface area (Å²) in [6.45, 7) is 0. The second-order valence-corrected chi connectivity index (χ2v) is 8.15. The summed E-state index contributed by atoms with van der Waals surface area (Å²) in [5, 5.41) is 37.0. The van der Waals surface area contributed by atoms with Crippen LogP contribution in [0, 0.1) is 22.7 Å². The summed E-state index contributed by atoms with van der Waals surface area (Å²) in [6.07, 6.45) is -5.05. The fourth-order valence-electron chi connectivity index (χ4n) is 3.62. The van der Waals surface area contributed by atoms with Gasteiger partial charge in [-0.05, 0) is 30.3 Å². The fraction of sp³-hybridized carbons (Fsp3) is 0.115. The van der Waals surface area contributed by atoms with Crippen molar-refractivity contribution in [3.63, 3.8) is 0 Å². The van der Waals surface area contributed by atoms with Gasteiger partial charge in [0.25, 0.3) is 0 Å². The number of hydrogen-bond acceptors (Lipinski definition) is 9. The van der Waals surface area contributed by atoms with E-state index in [1.54, 1.807) is 30.7 Å². The largest absolute Gasteiger partial charge is 0.495 e. The number of aliphatic carboxylic acids is 2. The molecule has 0 saturated carbocycles. The van der Waals surface area contributed by atoms with Crippen molar-refractivity contribution in [2.24, 2.45) is 0 Å². The van der Waals surface area contributed by atoms with E-state index in [2.05, 4.69) is 32.4 Å². The lowest BCUT2D eigenvalue weighted by molar-refractivity contribution is -0.193. The molecular formula is C26H15F6N7O5. The van der Waals surface area contributed by atoms with Crippen LogP contribution in [0.15, 0.2) is 48.9 Å². The van der Waals surface area contributed by atoms with Gasteiger partial charge in [0.15, 0.2) is 0 Å². The summed E-state index contributed by atoms with van der Waals surface area (Å²) < 4.78 is 68.8. The molecule has 1 aliphatic heterocycles. The second-order valence-electron chi connectivity index (χ2n) is 8.15. The van der Waals surface area contributed by atoms with Gasteiger partial charge in [-0.2, -0.15) is 36.9 Å². The fourth-order valence-corrected chi connectivity index (χ4v) is 3.62. The number of imidazole rings is 1. The number of nitrogens with zero attached hydrogens (tertiary/aromatic N) is 5. The number of H-pyrrole nitrogens is 1. The molecule has 0 bridgehead atoms. The van der Waals surface area contributed by atoms with Gasteiger partial charge in [-0.25, -0.2) is 19.6 Å². The number of pyridine rings is 2. The number of nitriles is 2. The van der Waals surface area contributed by atoms with Crippen LogP contribution in [-0.2, 0) is 9.59 Å². The van der Waals surface area contributed by atoms with E-state index >= 15 is 0 Å². The van der Waals surface area contributed by atoms with Crippen LogP contribution < -0.4 is 10.1 Å². The highest BCUT2D eigenvalue weighted by molar-refractivity contribution is 5.95. The lowest BCUT2D eigenvalue weighted by atomic mass is 10.0. The molecule has 12 nitrogen and oxygen atoms in total. The molecule has 5 rings (SSSR count). The van der Waals surface area contributed by atoms with Crippen molar-refractivity contribution >= 4 is 23.4 Å². The van der Waals surface area contributed by atoms with Crippen LogP contribution in [0.5, 0.6) is 5.75 Å². The number of aromatic nitrogens is 4. The van der Waals surface area contributed by atoms with Crippen molar-refractivity contribution in [1.82, 2.24) is 19.9 Å². The minimum Gasteiger partial charge on any atom is -0.495 e. The second kappa shape index (κ2) is 12.8. The van der Waals surface area contributed by atoms with Crippen LogP contribution in [-0.4, -0.2) is 61.5 Å². The normalized spacial score (nSPS) is 11.1. The molecule has 0 fully saturated rings. The summed E-state index contributed by atoms with van der Waals surface area (Å²) in [7, 11) is 1.49. The quantitative estimate of drug-likeness (QED) is 0.188. The van der Waals surface area contributed by atoms with E-state index in [0.717, 1.165) is 22.5 Å². The molecular weight excluding hydrogens is 604 g/mol. The highest BCUT2D eigenvalue weighted by Gasteiger charge is 2.39. The molecule has 4 aromatic rings. The number of nitrogens with one attached hydrogen (secondary N) is 2. The zero-order valence-corrected chi connectivity index (χ0v) is 21.7. The van der Waals surface area contributed by atoms with E-state index in [1.165, 1.54) is 7.11 Å². The number of alkyl halides is 6. The maximum atomic E-state index is 10.6. The van der Waals surface area contributed by atoms with Crippen LogP contribution in [0.2, 0.25) is 0 Å². The maximum Gasteiger partial charge on any atom is 0.490 e. The highest BCUT2D eigenvalue weighted by Crippen LogP contribution is 2.43. The number of halogens is 6. The standard InChI is InChI=1S/C22H13N7O.2C2HF3O2/c1-30-17-5-4-12(9-23)18(15(17)10-24)22-28-19-13-6-8-25-11-16(13)27-21-14(20(19)29-22)3-2-7-26-21;2*3-2(4,5)1(6)7/h2-8,11H,1H3,(H,26,27)(H,28,29);2*(H,6,7). The summed E-state index contributed by atoms with van der Waals surface area (Å²) in [4.78, 5) is 34.6. The Bertz CT molecular complexity index is 1720. The average Bonchev–Trinajstić information content (AvgIpc) is 3.36. The first-order valence-corrected chi connectivity index (χ1v) is 11.5. The Morgan fingerprint density at radius 1 is 0.932 bits per heavy atom. The number of methoxy groups -OCH3 is 1. The number of carboxylic acid groups (broad SMARTS) is 2. The number of hydrogen-bond donors (Lipinski definition) is 4. The Balaban J connectivity index is 0.000000317. The SMILES string of the molecule is COc1ccc(C#N)c(-c2nc3c([nH]2)-c2ccncc2Nc2ncccc2-3)c1C#N.O=C(O)C(F)(F)F.O=C(O)C(F)(F)F. The number of benzene rings is 1. The van der Waals surface area contributed by atoms with Crippen LogP contribution in [0.3, 0.4) is 0 Å². The van der Waals surface area contributed by atoms with Crippen LogP contribution in [0.4, 0.5) is 37.8 Å². The number of aromatic amines is 1. The predicted molar refractivity (Wildman–Crippen MR) is 137 cm³/mol. The smallest absolute Gasteiger partial charge is 0.490 e. The van der Waals surface area contributed by atoms with Gasteiger partial charge in [0, 0.05) is 23.5 Å². The topological polar surface area (TPSA) is 198 Å². The van der Waals surface area contributed by atoms with E-state index in [0.29, 0.717) is 34.2 Å². The summed E-state index contributed by atoms with van der Waals surface area (Å²) in [6, 6.07) is 13.2. The van der Waals surface area contributed by atoms with Crippen molar-refractivity contribution in [2.75, 3.05) is 12.4 Å². The van der Waals surface area contributed by atoms with E-state index in [-0.39, 0.29) is 5.56 Å². The number of carbonyl (C=O) groups is 2. The maximum absolute atomic E-state index is 10.6. The predicted octanol–water partition coefficient (Wildman–Crippen LogP) is 5.28. The molecule has 1 aliphatic rings. The molecule has 18 heteroatoms. The van der Waals surface area contributed by atoms with Gasteiger partial charge >= 0.3 is 24.3 Å². The number of fused-ring (bicyclic) bond motifs is 5. The Kier molecular flexibility index (Phi) is 9.39.